The normalized spacial score (nSPS) is 12.7. The van der Waals surface area contributed by atoms with Crippen LogP contribution in [-0.4, -0.2) is 39.4 Å². The van der Waals surface area contributed by atoms with Crippen molar-refractivity contribution in [1.82, 2.24) is 5.32 Å². The van der Waals surface area contributed by atoms with E-state index in [-0.39, 0.29) is 5.91 Å². The van der Waals surface area contributed by atoms with Gasteiger partial charge in [0.1, 0.15) is 31.3 Å². The average molecular weight is 390 g/mol. The molecule has 0 bridgehead atoms. The summed E-state index contributed by atoms with van der Waals surface area (Å²) >= 11 is 6.18. The second-order valence-electron chi connectivity index (χ2n) is 5.68. The molecule has 7 heteroatoms. The van der Waals surface area contributed by atoms with Crippen LogP contribution < -0.4 is 24.3 Å². The molecule has 142 valence electrons. The smallest absolute Gasteiger partial charge is 0.244 e. The summed E-state index contributed by atoms with van der Waals surface area (Å²) in [6.45, 7) is 1.68. The predicted molar refractivity (Wildman–Crippen MR) is 103 cm³/mol. The lowest BCUT2D eigenvalue weighted by molar-refractivity contribution is -0.116. The fourth-order valence-electron chi connectivity index (χ4n) is 2.49. The van der Waals surface area contributed by atoms with Gasteiger partial charge < -0.3 is 24.3 Å². The molecule has 0 aromatic heterocycles. The third kappa shape index (κ3) is 5.31. The van der Waals surface area contributed by atoms with Crippen molar-refractivity contribution in [1.29, 1.82) is 0 Å². The Morgan fingerprint density at radius 1 is 1.22 bits per heavy atom. The summed E-state index contributed by atoms with van der Waals surface area (Å²) in [4.78, 5) is 11.9. The first-order chi connectivity index (χ1) is 13.2. The minimum atomic E-state index is -0.227. The van der Waals surface area contributed by atoms with Gasteiger partial charge in [0.05, 0.1) is 18.7 Å². The third-order valence-corrected chi connectivity index (χ3v) is 4.04. The summed E-state index contributed by atoms with van der Waals surface area (Å²) in [6, 6.07) is 10.8. The molecule has 2 aromatic rings. The fraction of sp³-hybridized carbons (Fsp3) is 0.250. The average Bonchev–Trinajstić information content (AvgIpc) is 2.70. The first-order valence-corrected chi connectivity index (χ1v) is 8.85. The van der Waals surface area contributed by atoms with E-state index < -0.39 is 0 Å². The molecular weight excluding hydrogens is 370 g/mol. The lowest BCUT2D eigenvalue weighted by Crippen LogP contribution is -2.26. The minimum absolute atomic E-state index is 0.227. The maximum Gasteiger partial charge on any atom is 0.244 e. The molecule has 0 fully saturated rings. The molecule has 0 saturated heterocycles. The Morgan fingerprint density at radius 2 is 2.04 bits per heavy atom. The van der Waals surface area contributed by atoms with Crippen molar-refractivity contribution in [2.45, 2.75) is 0 Å². The largest absolute Gasteiger partial charge is 0.497 e. The van der Waals surface area contributed by atoms with Crippen molar-refractivity contribution < 1.29 is 23.7 Å². The second kappa shape index (κ2) is 9.19. The molecule has 27 heavy (non-hydrogen) atoms. The number of carbonyl (C=O) groups excluding carboxylic acids is 1. The van der Waals surface area contributed by atoms with E-state index in [0.717, 1.165) is 11.3 Å². The zero-order valence-corrected chi connectivity index (χ0v) is 15.6. The molecule has 2 aromatic carbocycles. The van der Waals surface area contributed by atoms with Crippen LogP contribution in [0.3, 0.4) is 0 Å². The van der Waals surface area contributed by atoms with Crippen LogP contribution in [0.1, 0.15) is 5.56 Å². The first kappa shape index (κ1) is 18.9. The van der Waals surface area contributed by atoms with E-state index in [2.05, 4.69) is 5.32 Å². The summed E-state index contributed by atoms with van der Waals surface area (Å²) in [7, 11) is 1.60. The molecule has 1 amide bonds. The van der Waals surface area contributed by atoms with E-state index in [0.29, 0.717) is 48.6 Å². The van der Waals surface area contributed by atoms with Crippen LogP contribution in [0, 0.1) is 0 Å². The molecule has 0 saturated carbocycles. The number of fused-ring (bicyclic) bond motifs is 1. The highest BCUT2D eigenvalue weighted by molar-refractivity contribution is 6.32. The molecule has 1 aliphatic rings. The fourth-order valence-corrected chi connectivity index (χ4v) is 2.77. The van der Waals surface area contributed by atoms with Gasteiger partial charge in [0, 0.05) is 12.1 Å². The SMILES string of the molecule is COc1cccc(OCCNC(=O)/C=C/c2cc(Cl)c3c(c2)OCCO3)c1. The minimum Gasteiger partial charge on any atom is -0.497 e. The lowest BCUT2D eigenvalue weighted by Gasteiger charge is -2.19. The maximum atomic E-state index is 11.9. The molecule has 6 nitrogen and oxygen atoms in total. The number of carbonyl (C=O) groups is 1. The number of benzene rings is 2. The maximum absolute atomic E-state index is 11.9. The van der Waals surface area contributed by atoms with Crippen LogP contribution in [0.5, 0.6) is 23.0 Å². The van der Waals surface area contributed by atoms with Gasteiger partial charge in [0.15, 0.2) is 11.5 Å². The zero-order valence-electron chi connectivity index (χ0n) is 14.9. The van der Waals surface area contributed by atoms with Gasteiger partial charge in [0.2, 0.25) is 5.91 Å². The molecule has 1 N–H and O–H groups in total. The van der Waals surface area contributed by atoms with Gasteiger partial charge in [-0.05, 0) is 35.9 Å². The van der Waals surface area contributed by atoms with Gasteiger partial charge in [-0.3, -0.25) is 4.79 Å². The van der Waals surface area contributed by atoms with Crippen LogP contribution in [0.25, 0.3) is 6.08 Å². The molecule has 0 unspecified atom stereocenters. The Balaban J connectivity index is 1.47. The Kier molecular flexibility index (Phi) is 6.44. The van der Waals surface area contributed by atoms with Gasteiger partial charge >= 0.3 is 0 Å². The van der Waals surface area contributed by atoms with Crippen LogP contribution >= 0.6 is 11.6 Å². The molecule has 1 heterocycles. The van der Waals surface area contributed by atoms with Crippen LogP contribution in [0.4, 0.5) is 0 Å². The summed E-state index contributed by atoms with van der Waals surface area (Å²) in [6.07, 6.45) is 3.11. The molecule has 0 spiro atoms. The molecule has 1 aliphatic heterocycles. The summed E-state index contributed by atoms with van der Waals surface area (Å²) in [5.41, 5.74) is 0.757. The van der Waals surface area contributed by atoms with Crippen molar-refractivity contribution in [2.75, 3.05) is 33.5 Å². The number of hydrogen-bond acceptors (Lipinski definition) is 5. The summed E-state index contributed by atoms with van der Waals surface area (Å²) in [5.74, 6) is 2.30. The molecule has 0 radical (unpaired) electrons. The Morgan fingerprint density at radius 3 is 2.89 bits per heavy atom. The molecule has 0 aliphatic carbocycles. The highest BCUT2D eigenvalue weighted by Gasteiger charge is 2.15. The van der Waals surface area contributed by atoms with E-state index in [1.165, 1.54) is 6.08 Å². The van der Waals surface area contributed by atoms with Gasteiger partial charge in [-0.1, -0.05) is 17.7 Å². The van der Waals surface area contributed by atoms with E-state index >= 15 is 0 Å². The molecule has 0 atom stereocenters. The molecular formula is C20H20ClNO5. The van der Waals surface area contributed by atoms with E-state index in [4.69, 9.17) is 30.5 Å². The summed E-state index contributed by atoms with van der Waals surface area (Å²) in [5, 5.41) is 3.22. The number of methoxy groups -OCH3 is 1. The number of rotatable bonds is 7. The number of amides is 1. The predicted octanol–water partition coefficient (Wildman–Crippen LogP) is 3.33. The Bertz CT molecular complexity index is 837. The third-order valence-electron chi connectivity index (χ3n) is 3.76. The van der Waals surface area contributed by atoms with Gasteiger partial charge in [-0.15, -0.1) is 0 Å². The van der Waals surface area contributed by atoms with E-state index in [1.54, 1.807) is 31.4 Å². The number of hydrogen-bond donors (Lipinski definition) is 1. The summed E-state index contributed by atoms with van der Waals surface area (Å²) < 4.78 is 21.7. The van der Waals surface area contributed by atoms with Crippen LogP contribution in [-0.2, 0) is 4.79 Å². The van der Waals surface area contributed by atoms with E-state index in [1.807, 2.05) is 18.2 Å². The van der Waals surface area contributed by atoms with Crippen molar-refractivity contribution in [2.24, 2.45) is 0 Å². The number of ether oxygens (including phenoxy) is 4. The zero-order chi connectivity index (χ0) is 19.1. The number of halogens is 1. The van der Waals surface area contributed by atoms with E-state index in [9.17, 15) is 4.79 Å². The Labute approximate surface area is 162 Å². The van der Waals surface area contributed by atoms with Crippen molar-refractivity contribution in [3.63, 3.8) is 0 Å². The lowest BCUT2D eigenvalue weighted by atomic mass is 10.1. The number of nitrogens with one attached hydrogen (secondary N) is 1. The first-order valence-electron chi connectivity index (χ1n) is 8.47. The van der Waals surface area contributed by atoms with Crippen molar-refractivity contribution in [3.05, 3.63) is 53.1 Å². The van der Waals surface area contributed by atoms with Crippen molar-refractivity contribution in [3.8, 4) is 23.0 Å². The van der Waals surface area contributed by atoms with Gasteiger partial charge in [-0.2, -0.15) is 0 Å². The van der Waals surface area contributed by atoms with Gasteiger partial charge in [-0.25, -0.2) is 0 Å². The Hall–Kier alpha value is -2.86. The molecule has 3 rings (SSSR count). The monoisotopic (exact) mass is 389 g/mol. The topological polar surface area (TPSA) is 66.0 Å². The van der Waals surface area contributed by atoms with Crippen LogP contribution in [0.2, 0.25) is 5.02 Å². The standard InChI is InChI=1S/C20H20ClNO5/c1-24-15-3-2-4-16(13-15)25-8-7-22-19(23)6-5-14-11-17(21)20-18(12-14)26-9-10-27-20/h2-6,11-13H,7-10H2,1H3,(H,22,23)/b6-5+. The highest BCUT2D eigenvalue weighted by Crippen LogP contribution is 2.38. The van der Waals surface area contributed by atoms with Crippen LogP contribution in [0.15, 0.2) is 42.5 Å². The highest BCUT2D eigenvalue weighted by atomic mass is 35.5. The van der Waals surface area contributed by atoms with Gasteiger partial charge in [0.25, 0.3) is 0 Å². The second-order valence-corrected chi connectivity index (χ2v) is 6.09. The quantitative estimate of drug-likeness (QED) is 0.581. The van der Waals surface area contributed by atoms with Crippen molar-refractivity contribution >= 4 is 23.6 Å².